The third-order valence-corrected chi connectivity index (χ3v) is 5.29. The Balaban J connectivity index is 2.06. The first-order valence-electron chi connectivity index (χ1n) is 8.40. The van der Waals surface area contributed by atoms with Crippen molar-refractivity contribution in [1.29, 1.82) is 0 Å². The molecule has 0 saturated carbocycles. The maximum atomic E-state index is 13.4. The molecule has 0 aliphatic heterocycles. The van der Waals surface area contributed by atoms with Gasteiger partial charge in [-0.15, -0.1) is 0 Å². The van der Waals surface area contributed by atoms with Gasteiger partial charge in [-0.05, 0) is 28.7 Å². The summed E-state index contributed by atoms with van der Waals surface area (Å²) in [5.41, 5.74) is 0.979. The van der Waals surface area contributed by atoms with E-state index < -0.39 is 41.7 Å². The lowest BCUT2D eigenvalue weighted by Gasteiger charge is -2.22. The van der Waals surface area contributed by atoms with Crippen LogP contribution in [0.15, 0.2) is 53.4 Å². The van der Waals surface area contributed by atoms with E-state index in [1.54, 1.807) is 12.1 Å². The molecular formula is C18H21BFNO6S. The van der Waals surface area contributed by atoms with Gasteiger partial charge in [-0.1, -0.05) is 36.4 Å². The molecule has 0 aliphatic rings. The van der Waals surface area contributed by atoms with Crippen molar-refractivity contribution in [2.75, 3.05) is 12.9 Å². The van der Waals surface area contributed by atoms with Crippen molar-refractivity contribution < 1.29 is 32.8 Å². The molecule has 7 nitrogen and oxygen atoms in total. The normalized spacial score (nSPS) is 13.6. The molecule has 4 N–H and O–H groups in total. The third-order valence-electron chi connectivity index (χ3n) is 4.16. The fourth-order valence-corrected chi connectivity index (χ4v) is 3.28. The van der Waals surface area contributed by atoms with Gasteiger partial charge in [-0.25, -0.2) is 12.8 Å². The molecule has 2 aromatic carbocycles. The summed E-state index contributed by atoms with van der Waals surface area (Å²) in [6.07, 6.45) is -0.460. The average molecular weight is 409 g/mol. The first-order chi connectivity index (χ1) is 13.1. The minimum atomic E-state index is -3.40. The summed E-state index contributed by atoms with van der Waals surface area (Å²) in [4.78, 5) is 12.3. The number of carbonyl (C=O) groups excluding carboxylic acids is 1. The smallest absolute Gasteiger partial charge is 0.423 e. The van der Waals surface area contributed by atoms with E-state index in [-0.39, 0.29) is 22.3 Å². The Labute approximate surface area is 162 Å². The highest BCUT2D eigenvalue weighted by Gasteiger charge is 2.23. The van der Waals surface area contributed by atoms with E-state index in [9.17, 15) is 22.7 Å². The zero-order valence-corrected chi connectivity index (χ0v) is 15.9. The van der Waals surface area contributed by atoms with E-state index in [0.29, 0.717) is 5.56 Å². The van der Waals surface area contributed by atoms with Crippen LogP contribution in [0.1, 0.15) is 17.2 Å². The number of hydrogen-bond acceptors (Lipinski definition) is 6. The maximum Gasteiger partial charge on any atom is 0.488 e. The molecule has 1 amide bonds. The van der Waals surface area contributed by atoms with E-state index >= 15 is 0 Å². The van der Waals surface area contributed by atoms with Crippen LogP contribution in [0.4, 0.5) is 4.39 Å². The zero-order valence-electron chi connectivity index (χ0n) is 15.1. The van der Waals surface area contributed by atoms with Gasteiger partial charge in [-0.2, -0.15) is 0 Å². The Morgan fingerprint density at radius 3 is 2.36 bits per heavy atom. The van der Waals surface area contributed by atoms with Crippen molar-refractivity contribution in [2.45, 2.75) is 23.5 Å². The molecule has 0 fully saturated rings. The molecule has 2 atom stereocenters. The molecule has 0 heterocycles. The lowest BCUT2D eigenvalue weighted by Crippen LogP contribution is -2.41. The van der Waals surface area contributed by atoms with Crippen molar-refractivity contribution in [1.82, 2.24) is 5.32 Å². The molecule has 0 saturated heterocycles. The van der Waals surface area contributed by atoms with Crippen molar-refractivity contribution in [3.05, 3.63) is 59.7 Å². The molecular weight excluding hydrogens is 388 g/mol. The molecule has 0 aliphatic carbocycles. The molecule has 0 bridgehead atoms. The summed E-state index contributed by atoms with van der Waals surface area (Å²) in [6, 6.07) is 10.2. The Bertz CT molecular complexity index is 920. The molecule has 0 spiro atoms. The number of carbonyl (C=O) groups is 1. The minimum absolute atomic E-state index is 0.0650. The molecule has 2 aromatic rings. The van der Waals surface area contributed by atoms with E-state index in [0.717, 1.165) is 6.26 Å². The Morgan fingerprint density at radius 2 is 1.82 bits per heavy atom. The van der Waals surface area contributed by atoms with Crippen molar-refractivity contribution in [3.63, 3.8) is 0 Å². The van der Waals surface area contributed by atoms with Gasteiger partial charge in [0, 0.05) is 6.26 Å². The van der Waals surface area contributed by atoms with Crippen LogP contribution in [0.2, 0.25) is 0 Å². The average Bonchev–Trinajstić information content (AvgIpc) is 2.65. The van der Waals surface area contributed by atoms with E-state index in [2.05, 4.69) is 5.32 Å². The molecule has 1 unspecified atom stereocenters. The van der Waals surface area contributed by atoms with Crippen LogP contribution in [0, 0.1) is 0 Å². The van der Waals surface area contributed by atoms with Gasteiger partial charge >= 0.3 is 7.12 Å². The summed E-state index contributed by atoms with van der Waals surface area (Å²) >= 11 is 0. The van der Waals surface area contributed by atoms with E-state index in [1.165, 1.54) is 36.4 Å². The second kappa shape index (κ2) is 9.29. The van der Waals surface area contributed by atoms with Gasteiger partial charge < -0.3 is 20.5 Å². The summed E-state index contributed by atoms with van der Waals surface area (Å²) in [7, 11) is -5.06. The number of aliphatic hydroxyl groups excluding tert-OH is 1. The molecule has 10 heteroatoms. The molecule has 0 aromatic heterocycles. The second-order valence-corrected chi connectivity index (χ2v) is 8.43. The van der Waals surface area contributed by atoms with Gasteiger partial charge in [0.15, 0.2) is 9.84 Å². The second-order valence-electron chi connectivity index (χ2n) is 6.41. The van der Waals surface area contributed by atoms with Gasteiger partial charge in [0.1, 0.15) is 12.8 Å². The fraction of sp³-hybridized carbons (Fsp3) is 0.278. The van der Waals surface area contributed by atoms with Gasteiger partial charge in [0.25, 0.3) is 0 Å². The Morgan fingerprint density at radius 1 is 1.18 bits per heavy atom. The number of benzene rings is 2. The minimum Gasteiger partial charge on any atom is -0.423 e. The molecule has 150 valence electrons. The third kappa shape index (κ3) is 5.87. The number of aliphatic hydroxyl groups is 1. The number of hydrogen-bond donors (Lipinski definition) is 4. The monoisotopic (exact) mass is 409 g/mol. The van der Waals surface area contributed by atoms with Crippen LogP contribution >= 0.6 is 0 Å². The van der Waals surface area contributed by atoms with Crippen LogP contribution in [0.25, 0.3) is 0 Å². The number of halogens is 1. The summed E-state index contributed by atoms with van der Waals surface area (Å²) < 4.78 is 36.4. The highest BCUT2D eigenvalue weighted by molar-refractivity contribution is 7.90. The number of rotatable bonds is 8. The zero-order chi connectivity index (χ0) is 20.9. The molecule has 28 heavy (non-hydrogen) atoms. The van der Waals surface area contributed by atoms with E-state index in [1.807, 2.05) is 0 Å². The highest BCUT2D eigenvalue weighted by atomic mass is 32.2. The van der Waals surface area contributed by atoms with Crippen molar-refractivity contribution in [3.8, 4) is 0 Å². The van der Waals surface area contributed by atoms with Crippen LogP contribution in [0.3, 0.4) is 0 Å². The van der Waals surface area contributed by atoms with Crippen molar-refractivity contribution >= 4 is 28.3 Å². The summed E-state index contributed by atoms with van der Waals surface area (Å²) in [6.45, 7) is -1.03. The van der Waals surface area contributed by atoms with E-state index in [4.69, 9.17) is 10.0 Å². The number of amides is 1. The lowest BCUT2D eigenvalue weighted by atomic mass is 9.79. The van der Waals surface area contributed by atoms with Crippen LogP contribution in [0.5, 0.6) is 0 Å². The number of sulfone groups is 1. The standard InChI is InChI=1S/C18H21BFNO6S/c1-28(26,27)15-7-5-13(6-8-15)18(23)16(11-20)21-17(22)10-12-3-2-4-14(9-12)19(24)25/h2-9,16,18,23-25H,10-11H2,1H3,(H,21,22)/t16?,18-/m0/s1. The highest BCUT2D eigenvalue weighted by Crippen LogP contribution is 2.20. The fourth-order valence-electron chi connectivity index (χ4n) is 2.65. The molecule has 0 radical (unpaired) electrons. The quantitative estimate of drug-likeness (QED) is 0.436. The molecule has 2 rings (SSSR count). The van der Waals surface area contributed by atoms with Gasteiger partial charge in [0.2, 0.25) is 5.91 Å². The van der Waals surface area contributed by atoms with Gasteiger partial charge in [-0.3, -0.25) is 4.79 Å². The predicted octanol–water partition coefficient (Wildman–Crippen LogP) is -0.500. The number of nitrogens with one attached hydrogen (secondary N) is 1. The van der Waals surface area contributed by atoms with Crippen LogP contribution in [-0.4, -0.2) is 55.6 Å². The topological polar surface area (TPSA) is 124 Å². The van der Waals surface area contributed by atoms with Crippen LogP contribution < -0.4 is 10.8 Å². The first-order valence-corrected chi connectivity index (χ1v) is 10.3. The Hall–Kier alpha value is -2.27. The number of alkyl halides is 1. The maximum absolute atomic E-state index is 13.4. The summed E-state index contributed by atoms with van der Waals surface area (Å²) in [5.74, 6) is -0.556. The lowest BCUT2D eigenvalue weighted by molar-refractivity contribution is -0.122. The summed E-state index contributed by atoms with van der Waals surface area (Å²) in [5, 5.41) is 31.1. The largest absolute Gasteiger partial charge is 0.488 e. The van der Waals surface area contributed by atoms with Crippen molar-refractivity contribution in [2.24, 2.45) is 0 Å². The van der Waals surface area contributed by atoms with Gasteiger partial charge in [0.05, 0.1) is 17.4 Å². The van der Waals surface area contributed by atoms with Crippen LogP contribution in [-0.2, 0) is 21.1 Å². The first kappa shape index (κ1) is 22.0. The SMILES string of the molecule is CS(=O)(=O)c1ccc([C@H](O)C(CF)NC(=O)Cc2cccc(B(O)O)c2)cc1. The predicted molar refractivity (Wildman–Crippen MR) is 102 cm³/mol. The Kier molecular flexibility index (Phi) is 7.31.